The quantitative estimate of drug-likeness (QED) is 0.765. The van der Waals surface area contributed by atoms with Gasteiger partial charge in [0.2, 0.25) is 11.0 Å². The molecule has 1 heterocycles. The van der Waals surface area contributed by atoms with E-state index < -0.39 is 0 Å². The summed E-state index contributed by atoms with van der Waals surface area (Å²) in [6, 6.07) is 0. The number of amides is 1. The van der Waals surface area contributed by atoms with Gasteiger partial charge in [-0.05, 0) is 6.92 Å². The number of nitrogens with zero attached hydrogens (tertiary/aromatic N) is 3. The number of likely N-dealkylation sites (N-methyl/N-ethyl adjacent to an activating group) is 1. The molecule has 0 unspecified atom stereocenters. The highest BCUT2D eigenvalue weighted by Crippen LogP contribution is 2.05. The van der Waals surface area contributed by atoms with Crippen LogP contribution in [0.25, 0.3) is 0 Å². The van der Waals surface area contributed by atoms with Crippen molar-refractivity contribution in [1.82, 2.24) is 14.3 Å². The van der Waals surface area contributed by atoms with Crippen LogP contribution in [0.5, 0.6) is 0 Å². The maximum Gasteiger partial charge on any atom is 0.241 e. The molecule has 1 aromatic heterocycles. The minimum absolute atomic E-state index is 0.0534. The minimum atomic E-state index is 0.0534. The zero-order valence-corrected chi connectivity index (χ0v) is 8.47. The van der Waals surface area contributed by atoms with Crippen LogP contribution in [0.2, 0.25) is 0 Å². The van der Waals surface area contributed by atoms with Crippen LogP contribution in [0.15, 0.2) is 6.33 Å². The van der Waals surface area contributed by atoms with Gasteiger partial charge in [-0.25, -0.2) is 4.98 Å². The van der Waals surface area contributed by atoms with Gasteiger partial charge >= 0.3 is 0 Å². The Labute approximate surface area is 80.9 Å². The fourth-order valence-electron chi connectivity index (χ4n) is 0.714. The van der Waals surface area contributed by atoms with E-state index in [1.54, 1.807) is 11.9 Å². The molecule has 0 bridgehead atoms. The number of anilines is 1. The van der Waals surface area contributed by atoms with Crippen LogP contribution in [-0.4, -0.2) is 40.3 Å². The average molecular weight is 200 g/mol. The molecule has 0 aliphatic rings. The Morgan fingerprint density at radius 2 is 2.54 bits per heavy atom. The van der Waals surface area contributed by atoms with Gasteiger partial charge in [0, 0.05) is 25.1 Å². The molecule has 1 rings (SSSR count). The predicted octanol–water partition coefficient (Wildman–Crippen LogP) is 0.428. The lowest BCUT2D eigenvalue weighted by Crippen LogP contribution is -2.31. The molecule has 0 aromatic carbocycles. The molecule has 0 saturated heterocycles. The summed E-state index contributed by atoms with van der Waals surface area (Å²) >= 11 is 1.24. The van der Waals surface area contributed by atoms with Crippen molar-refractivity contribution in [1.29, 1.82) is 0 Å². The van der Waals surface area contributed by atoms with Gasteiger partial charge in [-0.3, -0.25) is 4.79 Å². The zero-order chi connectivity index (χ0) is 9.68. The van der Waals surface area contributed by atoms with Crippen molar-refractivity contribution >= 4 is 22.6 Å². The summed E-state index contributed by atoms with van der Waals surface area (Å²) in [5.74, 6) is 0.0534. The van der Waals surface area contributed by atoms with E-state index in [1.165, 1.54) is 17.9 Å². The van der Waals surface area contributed by atoms with Gasteiger partial charge in [-0.15, -0.1) is 0 Å². The standard InChI is InChI=1S/C7H12N4OS/c1-3-11(2)6(12)4-8-7-9-5-10-13-7/h5H,3-4H2,1-2H3,(H,8,9,10). The molecule has 0 aliphatic heterocycles. The van der Waals surface area contributed by atoms with E-state index in [1.807, 2.05) is 6.92 Å². The van der Waals surface area contributed by atoms with Gasteiger partial charge in [0.25, 0.3) is 0 Å². The van der Waals surface area contributed by atoms with Gasteiger partial charge in [0.05, 0.1) is 6.54 Å². The molecular weight excluding hydrogens is 188 g/mol. The predicted molar refractivity (Wildman–Crippen MR) is 51.7 cm³/mol. The fourth-order valence-corrected chi connectivity index (χ4v) is 1.14. The van der Waals surface area contributed by atoms with Crippen molar-refractivity contribution in [2.24, 2.45) is 0 Å². The number of nitrogens with one attached hydrogen (secondary N) is 1. The van der Waals surface area contributed by atoms with Crippen LogP contribution in [-0.2, 0) is 4.79 Å². The molecule has 1 N–H and O–H groups in total. The van der Waals surface area contributed by atoms with Crippen molar-refractivity contribution in [3.63, 3.8) is 0 Å². The molecule has 5 nitrogen and oxygen atoms in total. The van der Waals surface area contributed by atoms with E-state index in [-0.39, 0.29) is 12.5 Å². The van der Waals surface area contributed by atoms with Crippen LogP contribution >= 0.6 is 11.5 Å². The van der Waals surface area contributed by atoms with Gasteiger partial charge in [0.15, 0.2) is 0 Å². The Balaban J connectivity index is 2.31. The highest BCUT2D eigenvalue weighted by Gasteiger charge is 2.06. The molecule has 0 aliphatic carbocycles. The molecule has 72 valence electrons. The number of carbonyl (C=O) groups is 1. The zero-order valence-electron chi connectivity index (χ0n) is 7.65. The van der Waals surface area contributed by atoms with E-state index in [0.29, 0.717) is 5.13 Å². The summed E-state index contributed by atoms with van der Waals surface area (Å²) in [5.41, 5.74) is 0. The lowest BCUT2D eigenvalue weighted by molar-refractivity contribution is -0.127. The van der Waals surface area contributed by atoms with Crippen LogP contribution in [0.3, 0.4) is 0 Å². The number of hydrogen-bond acceptors (Lipinski definition) is 5. The molecule has 0 saturated carbocycles. The summed E-state index contributed by atoms with van der Waals surface area (Å²) in [6.45, 7) is 2.93. The third-order valence-corrected chi connectivity index (χ3v) is 2.27. The minimum Gasteiger partial charge on any atom is -0.351 e. The fraction of sp³-hybridized carbons (Fsp3) is 0.571. The van der Waals surface area contributed by atoms with Crippen molar-refractivity contribution < 1.29 is 4.79 Å². The normalized spacial score (nSPS) is 9.69. The second-order valence-electron chi connectivity index (χ2n) is 2.51. The number of carbonyl (C=O) groups excluding carboxylic acids is 1. The summed E-state index contributed by atoms with van der Waals surface area (Å²) in [4.78, 5) is 16.8. The Hall–Kier alpha value is -1.17. The SMILES string of the molecule is CCN(C)C(=O)CNc1ncns1. The summed E-state index contributed by atoms with van der Waals surface area (Å²) in [5, 5.41) is 3.57. The van der Waals surface area contributed by atoms with Crippen molar-refractivity contribution in [2.75, 3.05) is 25.5 Å². The summed E-state index contributed by atoms with van der Waals surface area (Å²) < 4.78 is 3.81. The third-order valence-electron chi connectivity index (χ3n) is 1.65. The van der Waals surface area contributed by atoms with E-state index >= 15 is 0 Å². The van der Waals surface area contributed by atoms with Gasteiger partial charge < -0.3 is 10.2 Å². The maximum atomic E-state index is 11.3. The first-order chi connectivity index (χ1) is 6.24. The molecule has 1 amide bonds. The topological polar surface area (TPSA) is 58.1 Å². The third kappa shape index (κ3) is 2.98. The van der Waals surface area contributed by atoms with Crippen LogP contribution < -0.4 is 5.32 Å². The van der Waals surface area contributed by atoms with Crippen molar-refractivity contribution in [3.05, 3.63) is 6.33 Å². The Bertz CT molecular complexity index is 261. The van der Waals surface area contributed by atoms with E-state index in [2.05, 4.69) is 14.7 Å². The van der Waals surface area contributed by atoms with E-state index in [4.69, 9.17) is 0 Å². The largest absolute Gasteiger partial charge is 0.351 e. The first-order valence-corrected chi connectivity index (χ1v) is 4.76. The summed E-state index contributed by atoms with van der Waals surface area (Å²) in [6.07, 6.45) is 1.46. The van der Waals surface area contributed by atoms with Gasteiger partial charge in [-0.1, -0.05) is 0 Å². The Kier molecular flexibility index (Phi) is 3.63. The second-order valence-corrected chi connectivity index (χ2v) is 3.29. The van der Waals surface area contributed by atoms with Crippen LogP contribution in [0, 0.1) is 0 Å². The molecule has 1 aromatic rings. The molecule has 6 heteroatoms. The Morgan fingerprint density at radius 1 is 1.77 bits per heavy atom. The maximum absolute atomic E-state index is 11.3. The second kappa shape index (κ2) is 4.76. The number of rotatable bonds is 4. The first kappa shape index (κ1) is 9.91. The highest BCUT2D eigenvalue weighted by atomic mass is 32.1. The number of aromatic nitrogens is 2. The Morgan fingerprint density at radius 3 is 3.08 bits per heavy atom. The monoisotopic (exact) mass is 200 g/mol. The van der Waals surface area contributed by atoms with Crippen LogP contribution in [0.1, 0.15) is 6.92 Å². The lowest BCUT2D eigenvalue weighted by atomic mass is 10.5. The van der Waals surface area contributed by atoms with E-state index in [9.17, 15) is 4.79 Å². The van der Waals surface area contributed by atoms with Crippen LogP contribution in [0.4, 0.5) is 5.13 Å². The highest BCUT2D eigenvalue weighted by molar-refractivity contribution is 7.09. The van der Waals surface area contributed by atoms with Gasteiger partial charge in [0.1, 0.15) is 6.33 Å². The molecule has 0 radical (unpaired) electrons. The average Bonchev–Trinajstić information content (AvgIpc) is 2.65. The smallest absolute Gasteiger partial charge is 0.241 e. The first-order valence-electron chi connectivity index (χ1n) is 3.98. The molecular formula is C7H12N4OS. The lowest BCUT2D eigenvalue weighted by Gasteiger charge is -2.13. The molecule has 0 fully saturated rings. The molecule has 0 atom stereocenters. The van der Waals surface area contributed by atoms with Crippen molar-refractivity contribution in [2.45, 2.75) is 6.92 Å². The van der Waals surface area contributed by atoms with Crippen molar-refractivity contribution in [3.8, 4) is 0 Å². The van der Waals surface area contributed by atoms with Gasteiger partial charge in [-0.2, -0.15) is 4.37 Å². The molecule has 13 heavy (non-hydrogen) atoms. The summed E-state index contributed by atoms with van der Waals surface area (Å²) in [7, 11) is 1.77. The molecule has 0 spiro atoms. The number of hydrogen-bond donors (Lipinski definition) is 1. The van der Waals surface area contributed by atoms with E-state index in [0.717, 1.165) is 6.54 Å².